The molecule has 1 aromatic carbocycles. The fourth-order valence-electron chi connectivity index (χ4n) is 2.35. The predicted octanol–water partition coefficient (Wildman–Crippen LogP) is 1.48. The number of rotatable bonds is 3. The third kappa shape index (κ3) is 3.04. The van der Waals surface area contributed by atoms with E-state index in [1.807, 2.05) is 12.1 Å². The fraction of sp³-hybridized carbons (Fsp3) is 0.429. The molecule has 5 heteroatoms. The molecule has 19 heavy (non-hydrogen) atoms. The number of aliphatic hydroxyl groups is 1. The number of carbonyl (C=O) groups is 1. The minimum absolute atomic E-state index is 0.463. The molecule has 1 fully saturated rings. The van der Waals surface area contributed by atoms with Crippen LogP contribution in [-0.4, -0.2) is 30.7 Å². The van der Waals surface area contributed by atoms with Crippen LogP contribution in [0.25, 0.3) is 0 Å². The first-order chi connectivity index (χ1) is 9.26. The summed E-state index contributed by atoms with van der Waals surface area (Å²) in [4.78, 5) is 13.4. The van der Waals surface area contributed by atoms with Gasteiger partial charge in [0.05, 0.1) is 16.9 Å². The van der Waals surface area contributed by atoms with Crippen molar-refractivity contribution < 1.29 is 9.90 Å². The largest absolute Gasteiger partial charge is 0.387 e. The van der Waals surface area contributed by atoms with Gasteiger partial charge in [-0.25, -0.2) is 0 Å². The van der Waals surface area contributed by atoms with Crippen molar-refractivity contribution in [3.8, 4) is 6.07 Å². The van der Waals surface area contributed by atoms with Gasteiger partial charge in [-0.05, 0) is 31.4 Å². The number of piperidine rings is 1. The molecule has 100 valence electrons. The Morgan fingerprint density at radius 2 is 2.11 bits per heavy atom. The second-order valence-electron chi connectivity index (χ2n) is 4.57. The number of anilines is 2. The van der Waals surface area contributed by atoms with E-state index in [2.05, 4.69) is 16.3 Å². The van der Waals surface area contributed by atoms with E-state index in [9.17, 15) is 10.1 Å². The quantitative estimate of drug-likeness (QED) is 0.862. The molecule has 0 bridgehead atoms. The molecule has 0 radical (unpaired) electrons. The first-order valence-electron chi connectivity index (χ1n) is 6.45. The van der Waals surface area contributed by atoms with Crippen LogP contribution in [0.3, 0.4) is 0 Å². The standard InChI is InChI=1S/C14H17N3O2/c15-9-11-12(16-14(19)10-18)5-4-6-13(11)17-7-2-1-3-8-17/h4-6,18H,1-3,7-8,10H2,(H,16,19). The lowest BCUT2D eigenvalue weighted by atomic mass is 10.1. The van der Waals surface area contributed by atoms with Crippen molar-refractivity contribution in [2.75, 3.05) is 29.9 Å². The van der Waals surface area contributed by atoms with E-state index in [1.54, 1.807) is 6.07 Å². The van der Waals surface area contributed by atoms with Crippen LogP contribution in [0.2, 0.25) is 0 Å². The van der Waals surface area contributed by atoms with Gasteiger partial charge >= 0.3 is 0 Å². The lowest BCUT2D eigenvalue weighted by molar-refractivity contribution is -0.118. The Hall–Kier alpha value is -2.06. The molecule has 1 amide bonds. The number of nitrogens with one attached hydrogen (secondary N) is 1. The number of hydrogen-bond acceptors (Lipinski definition) is 4. The van der Waals surface area contributed by atoms with Crippen LogP contribution in [0, 0.1) is 11.3 Å². The van der Waals surface area contributed by atoms with E-state index < -0.39 is 12.5 Å². The third-order valence-corrected chi connectivity index (χ3v) is 3.27. The minimum Gasteiger partial charge on any atom is -0.387 e. The zero-order valence-corrected chi connectivity index (χ0v) is 10.7. The second-order valence-corrected chi connectivity index (χ2v) is 4.57. The fourth-order valence-corrected chi connectivity index (χ4v) is 2.35. The minimum atomic E-state index is -0.585. The van der Waals surface area contributed by atoms with Crippen LogP contribution >= 0.6 is 0 Å². The van der Waals surface area contributed by atoms with Crippen molar-refractivity contribution >= 4 is 17.3 Å². The van der Waals surface area contributed by atoms with Gasteiger partial charge in [0.15, 0.2) is 0 Å². The first kappa shape index (κ1) is 13.4. The summed E-state index contributed by atoms with van der Waals surface area (Å²) in [5.41, 5.74) is 1.79. The predicted molar refractivity (Wildman–Crippen MR) is 72.9 cm³/mol. The van der Waals surface area contributed by atoms with E-state index in [1.165, 1.54) is 6.42 Å². The number of benzene rings is 1. The Kier molecular flexibility index (Phi) is 4.37. The topological polar surface area (TPSA) is 76.4 Å². The molecular weight excluding hydrogens is 242 g/mol. The maximum atomic E-state index is 11.3. The molecule has 0 atom stereocenters. The molecule has 1 saturated heterocycles. The van der Waals surface area contributed by atoms with Gasteiger partial charge in [-0.3, -0.25) is 4.79 Å². The van der Waals surface area contributed by atoms with Gasteiger partial charge in [0.25, 0.3) is 0 Å². The van der Waals surface area contributed by atoms with Crippen molar-refractivity contribution in [3.63, 3.8) is 0 Å². The van der Waals surface area contributed by atoms with Gasteiger partial charge in [0.1, 0.15) is 12.7 Å². The maximum Gasteiger partial charge on any atom is 0.250 e. The Morgan fingerprint density at radius 3 is 2.74 bits per heavy atom. The Morgan fingerprint density at radius 1 is 1.37 bits per heavy atom. The lowest BCUT2D eigenvalue weighted by Crippen LogP contribution is -2.30. The van der Waals surface area contributed by atoms with Crippen molar-refractivity contribution in [2.45, 2.75) is 19.3 Å². The van der Waals surface area contributed by atoms with Crippen molar-refractivity contribution in [2.24, 2.45) is 0 Å². The highest BCUT2D eigenvalue weighted by Gasteiger charge is 2.17. The zero-order valence-electron chi connectivity index (χ0n) is 10.7. The summed E-state index contributed by atoms with van der Waals surface area (Å²) in [6.45, 7) is 1.29. The highest BCUT2D eigenvalue weighted by Crippen LogP contribution is 2.29. The van der Waals surface area contributed by atoms with E-state index in [-0.39, 0.29) is 0 Å². The van der Waals surface area contributed by atoms with Gasteiger partial charge < -0.3 is 15.3 Å². The van der Waals surface area contributed by atoms with Gasteiger partial charge in [0.2, 0.25) is 5.91 Å². The highest BCUT2D eigenvalue weighted by molar-refractivity contribution is 5.94. The SMILES string of the molecule is N#Cc1c(NC(=O)CO)cccc1N1CCCCC1. The van der Waals surface area contributed by atoms with Crippen LogP contribution in [0.1, 0.15) is 24.8 Å². The smallest absolute Gasteiger partial charge is 0.250 e. The molecule has 2 N–H and O–H groups in total. The van der Waals surface area contributed by atoms with Crippen LogP contribution < -0.4 is 10.2 Å². The number of hydrogen-bond donors (Lipinski definition) is 2. The molecule has 0 unspecified atom stereocenters. The molecule has 2 rings (SSSR count). The van der Waals surface area contributed by atoms with Crippen LogP contribution in [0.15, 0.2) is 18.2 Å². The number of carbonyl (C=O) groups excluding carboxylic acids is 1. The third-order valence-electron chi connectivity index (χ3n) is 3.27. The Bertz CT molecular complexity index is 502. The van der Waals surface area contributed by atoms with Crippen LogP contribution in [0.4, 0.5) is 11.4 Å². The molecular formula is C14H17N3O2. The van der Waals surface area contributed by atoms with Crippen molar-refractivity contribution in [3.05, 3.63) is 23.8 Å². The Labute approximate surface area is 112 Å². The molecule has 0 aromatic heterocycles. The summed E-state index contributed by atoms with van der Waals surface area (Å²) in [6.07, 6.45) is 3.47. The summed E-state index contributed by atoms with van der Waals surface area (Å²) < 4.78 is 0. The maximum absolute atomic E-state index is 11.3. The molecule has 0 spiro atoms. The molecule has 1 aliphatic rings. The lowest BCUT2D eigenvalue weighted by Gasteiger charge is -2.30. The van der Waals surface area contributed by atoms with E-state index >= 15 is 0 Å². The van der Waals surface area contributed by atoms with Gasteiger partial charge in [-0.2, -0.15) is 5.26 Å². The van der Waals surface area contributed by atoms with Crippen LogP contribution in [0.5, 0.6) is 0 Å². The van der Waals surface area contributed by atoms with Gasteiger partial charge in [-0.15, -0.1) is 0 Å². The summed E-state index contributed by atoms with van der Waals surface area (Å²) in [5, 5.41) is 20.6. The van der Waals surface area contributed by atoms with E-state index in [0.29, 0.717) is 11.3 Å². The van der Waals surface area contributed by atoms with Gasteiger partial charge in [0, 0.05) is 13.1 Å². The molecule has 1 aromatic rings. The summed E-state index contributed by atoms with van der Waals surface area (Å²) >= 11 is 0. The van der Waals surface area contributed by atoms with Gasteiger partial charge in [-0.1, -0.05) is 6.07 Å². The van der Waals surface area contributed by atoms with Crippen molar-refractivity contribution in [1.82, 2.24) is 0 Å². The average Bonchev–Trinajstić information content (AvgIpc) is 2.47. The van der Waals surface area contributed by atoms with E-state index in [0.717, 1.165) is 31.6 Å². The normalized spacial score (nSPS) is 14.8. The number of amides is 1. The molecule has 1 aliphatic heterocycles. The summed E-state index contributed by atoms with van der Waals surface area (Å²) in [6, 6.07) is 7.55. The first-order valence-corrected chi connectivity index (χ1v) is 6.45. The molecule has 1 heterocycles. The van der Waals surface area contributed by atoms with E-state index in [4.69, 9.17) is 5.11 Å². The number of nitriles is 1. The van der Waals surface area contributed by atoms with Crippen LogP contribution in [-0.2, 0) is 4.79 Å². The summed E-state index contributed by atoms with van der Waals surface area (Å²) in [7, 11) is 0. The summed E-state index contributed by atoms with van der Waals surface area (Å²) in [5.74, 6) is -0.507. The number of aliphatic hydroxyl groups excluding tert-OH is 1. The zero-order chi connectivity index (χ0) is 13.7. The second kappa shape index (κ2) is 6.21. The van der Waals surface area contributed by atoms with Crippen molar-refractivity contribution in [1.29, 1.82) is 5.26 Å². The Balaban J connectivity index is 2.31. The number of nitrogens with zero attached hydrogens (tertiary/aromatic N) is 2. The average molecular weight is 259 g/mol. The molecule has 5 nitrogen and oxygen atoms in total. The highest BCUT2D eigenvalue weighted by atomic mass is 16.3. The monoisotopic (exact) mass is 259 g/mol. The molecule has 0 aliphatic carbocycles. The molecule has 0 saturated carbocycles.